The Balaban J connectivity index is 2.37. The van der Waals surface area contributed by atoms with Crippen LogP contribution in [-0.4, -0.2) is 277 Å². The topological polar surface area (TPSA) is 663 Å². The second-order valence-electron chi connectivity index (χ2n) is 27.7. The summed E-state index contributed by atoms with van der Waals surface area (Å²) in [5.74, 6) is -25.9. The van der Waals surface area contributed by atoms with Crippen LogP contribution >= 0.6 is 0 Å². The van der Waals surface area contributed by atoms with Gasteiger partial charge in [0.15, 0.2) is 12.2 Å². The van der Waals surface area contributed by atoms with Crippen molar-refractivity contribution in [2.45, 2.75) is 273 Å². The smallest absolute Gasteiger partial charge is 0.329 e. The molecule has 0 bridgehead atoms. The Morgan fingerprint density at radius 2 is 1.27 bits per heavy atom. The molecule has 0 aliphatic carbocycles. The van der Waals surface area contributed by atoms with E-state index in [2.05, 4.69) is 42.5 Å². The van der Waals surface area contributed by atoms with Crippen LogP contribution in [0, 0.1) is 11.8 Å². The number of amides is 15. The number of likely N-dealkylation sites (N-methyl/N-ethyl adjacent to an activating group) is 1. The summed E-state index contributed by atoms with van der Waals surface area (Å²) in [5.41, 5.74) is 28.4. The van der Waals surface area contributed by atoms with Gasteiger partial charge in [0.2, 0.25) is 82.7 Å². The summed E-state index contributed by atoms with van der Waals surface area (Å²) in [4.78, 5) is 253. The number of aliphatic carboxylic acids is 2. The maximum Gasteiger partial charge on any atom is 0.329 e. The number of carbonyl (C=O) groups is 18. The number of piperidine rings is 1. The number of unbranched alkanes of at least 4 members (excludes halogenated alkanes) is 5. The van der Waals surface area contributed by atoms with E-state index >= 15 is 9.59 Å². The Bertz CT molecular complexity index is 3230. The van der Waals surface area contributed by atoms with E-state index in [0.29, 0.717) is 17.7 Å². The molecule has 41 nitrogen and oxygen atoms in total. The number of aliphatic hydroxyl groups excluding tert-OH is 3. The zero-order valence-electron chi connectivity index (χ0n) is 62.2. The highest BCUT2D eigenvalue weighted by molar-refractivity contribution is 6.03. The predicted molar refractivity (Wildman–Crippen MR) is 375 cm³/mol. The van der Waals surface area contributed by atoms with Crippen LogP contribution in [0.2, 0.25) is 0 Å². The number of primary amides is 4. The lowest BCUT2D eigenvalue weighted by molar-refractivity contribution is -0.168. The largest absolute Gasteiger partial charge is 0.481 e. The third-order valence-electron chi connectivity index (χ3n) is 18.6. The molecule has 3 heterocycles. The van der Waals surface area contributed by atoms with Gasteiger partial charge in [-0.15, -0.1) is 0 Å². The third-order valence-corrected chi connectivity index (χ3v) is 18.6. The van der Waals surface area contributed by atoms with Crippen molar-refractivity contribution in [3.63, 3.8) is 0 Å². The second kappa shape index (κ2) is 44.5. The molecule has 3 saturated heterocycles. The minimum atomic E-state index is -2.73. The van der Waals surface area contributed by atoms with Gasteiger partial charge in [0.1, 0.15) is 78.7 Å². The second-order valence-corrected chi connectivity index (χ2v) is 27.7. The first-order valence-electron chi connectivity index (χ1n) is 36.1. The number of aliphatic hydroxyl groups is 3. The van der Waals surface area contributed by atoms with Crippen LogP contribution in [0.4, 0.5) is 0 Å². The fourth-order valence-electron chi connectivity index (χ4n) is 13.0. The number of hydrogen-bond donors (Lipinski definition) is 18. The van der Waals surface area contributed by atoms with Crippen LogP contribution in [0.25, 0.3) is 0 Å². The molecule has 0 aromatic carbocycles. The molecule has 2 unspecified atom stereocenters. The lowest BCUT2D eigenvalue weighted by Crippen LogP contribution is -2.64. The molecular weight excluding hydrogens is 1430 g/mol. The summed E-state index contributed by atoms with van der Waals surface area (Å²) in [7, 11) is 1.08. The minimum Gasteiger partial charge on any atom is -0.481 e. The lowest BCUT2D eigenvalue weighted by Gasteiger charge is -2.39. The highest BCUT2D eigenvalue weighted by Crippen LogP contribution is 2.32. The van der Waals surface area contributed by atoms with Gasteiger partial charge in [0.05, 0.1) is 25.0 Å². The Kier molecular flexibility index (Phi) is 38.1. The number of esters is 1. The number of nitrogens with one attached hydrogen (secondary N) is 8. The molecular formula is C67H110N16O25. The van der Waals surface area contributed by atoms with Crippen LogP contribution in [0.5, 0.6) is 0 Å². The summed E-state index contributed by atoms with van der Waals surface area (Å²) in [6.07, 6.45) is -13.0. The first kappa shape index (κ1) is 92.5. The summed E-state index contributed by atoms with van der Waals surface area (Å²) < 4.78 is 11.4. The maximum atomic E-state index is 15.4. The Hall–Kier alpha value is -9.74. The van der Waals surface area contributed by atoms with Gasteiger partial charge < -0.3 is 121 Å². The number of cyclic esters (lactones) is 1. The molecule has 3 aliphatic rings. The molecule has 23 N–H and O–H groups in total. The summed E-state index contributed by atoms with van der Waals surface area (Å²) in [6.45, 7) is 9.01. The molecule has 108 heavy (non-hydrogen) atoms. The van der Waals surface area contributed by atoms with Crippen molar-refractivity contribution < 1.29 is 121 Å². The Morgan fingerprint density at radius 3 is 1.83 bits per heavy atom. The monoisotopic (exact) mass is 1540 g/mol. The Morgan fingerprint density at radius 1 is 0.657 bits per heavy atom. The highest BCUT2D eigenvalue weighted by atomic mass is 16.5. The summed E-state index contributed by atoms with van der Waals surface area (Å²) >= 11 is 0. The van der Waals surface area contributed by atoms with E-state index in [-0.39, 0.29) is 64.5 Å². The number of nitrogens with two attached hydrogens (primary N) is 5. The van der Waals surface area contributed by atoms with E-state index < -0.39 is 266 Å². The fraction of sp³-hybridized carbons (Fsp3) is 0.731. The summed E-state index contributed by atoms with van der Waals surface area (Å²) in [6, 6.07) is -23.9. The molecule has 41 heteroatoms. The summed E-state index contributed by atoms with van der Waals surface area (Å²) in [5, 5.41) is 72.9. The third kappa shape index (κ3) is 27.5. The number of carbonyl (C=O) groups excluding carboxylic acids is 16. The van der Waals surface area contributed by atoms with Gasteiger partial charge in [-0.05, 0) is 97.4 Å². The number of ether oxygens (including phenoxy) is 2. The average molecular weight is 1540 g/mol. The van der Waals surface area contributed by atoms with E-state index in [0.717, 1.165) is 56.9 Å². The van der Waals surface area contributed by atoms with Crippen molar-refractivity contribution in [3.8, 4) is 0 Å². The highest BCUT2D eigenvalue weighted by Gasteiger charge is 2.56. The van der Waals surface area contributed by atoms with Crippen LogP contribution < -0.4 is 71.2 Å². The SMILES string of the molecule is CCCCCCCC(=O)N[C@H](CC(=O)O)C(=O)N[C@@H](CCC(N)=O)[C@@H](O)[C@@H](O)C(=O)N[C@@H]1C(=O)N([C@H]2C(=O)NC(C(C)O)C(=O)N[C@H](CCCCN)C(=O)N[C@@H](CC(C)C)C(=O)N(C)[C@@H](CCC(N)=O)C(=O)N[C@@H]([C@H](OCC)C(N)=O)C(=O)N[C@H](CC(=O)O)C(=O)N3CCCC[C@H]3C(=O)O[C@@H]2C)[C@@H](C(N)=O)[C@@H]1C. The zero-order chi connectivity index (χ0) is 81.7. The number of fused-ring (bicyclic) bond motifs is 1. The maximum absolute atomic E-state index is 15.4. The van der Waals surface area contributed by atoms with E-state index in [4.69, 9.17) is 38.1 Å². The van der Waals surface area contributed by atoms with Crippen molar-refractivity contribution in [2.24, 2.45) is 40.5 Å². The first-order valence-corrected chi connectivity index (χ1v) is 36.1. The van der Waals surface area contributed by atoms with Crippen LogP contribution in [0.15, 0.2) is 0 Å². The van der Waals surface area contributed by atoms with E-state index in [1.54, 1.807) is 13.8 Å². The normalized spacial score (nSPS) is 25.6. The van der Waals surface area contributed by atoms with Crippen molar-refractivity contribution in [3.05, 3.63) is 0 Å². The van der Waals surface area contributed by atoms with Crippen molar-refractivity contribution in [2.75, 3.05) is 26.7 Å². The van der Waals surface area contributed by atoms with Crippen LogP contribution in [0.3, 0.4) is 0 Å². The molecule has 3 aliphatic heterocycles. The number of rotatable bonds is 36. The number of carboxylic acid groups (broad SMARTS) is 2. The minimum absolute atomic E-state index is 0.0597. The van der Waals surface area contributed by atoms with Crippen molar-refractivity contribution in [1.29, 1.82) is 0 Å². The van der Waals surface area contributed by atoms with E-state index in [1.807, 2.05) is 6.92 Å². The van der Waals surface area contributed by atoms with Gasteiger partial charge in [0, 0.05) is 45.4 Å². The predicted octanol–water partition coefficient (Wildman–Crippen LogP) is -7.27. The van der Waals surface area contributed by atoms with Gasteiger partial charge in [-0.2, -0.15) is 0 Å². The fourth-order valence-corrected chi connectivity index (χ4v) is 13.0. The molecule has 0 aromatic rings. The molecule has 0 radical (unpaired) electrons. The van der Waals surface area contributed by atoms with Crippen LogP contribution in [-0.2, 0) is 95.8 Å². The number of carboxylic acids is 2. The Labute approximate surface area is 623 Å². The standard InChI is InChI=1S/C67H110N16O25/c1-9-11-12-13-14-21-44(87)73-37(29-45(88)89)58(97)74-35(22-24-42(69)85)52(92)53(93)63(102)78-47-32(5)50(55(71)94)83(66(47)105)51-34(7)108-67(106)41-20-16-18-27-82(41)65(104)39(30-46(90)91)77-61(100)49(54(56(72)95)107-10-2)80-59(98)40(23-25-43(70)86)81(8)64(103)38(28-31(3)4)76-57(96)36(19-15-17-26-68)75-60(99)48(33(6)84)79-62(51)101/h31-41,47-54,84,92-93H,9-30,68H2,1-8H3,(H2,69,85)(H2,70,86)(H2,71,94)(H2,72,95)(H,73,87)(H,74,97)(H,75,99)(H,76,96)(H,77,100)(H,78,102)(H,79,101)(H,80,98)(H,88,89)(H,90,91)/t32-,33?,34-,35+,36-,37-,38+,39-,40+,41+,47+,48?,49+,50-,51-,52-,53-,54+/m1/s1. The molecule has 0 spiro atoms. The molecule has 608 valence electrons. The van der Waals surface area contributed by atoms with Gasteiger partial charge in [-0.25, -0.2) is 4.79 Å². The molecule has 3 rings (SSSR count). The van der Waals surface area contributed by atoms with Gasteiger partial charge in [-0.3, -0.25) is 81.5 Å². The average Bonchev–Trinajstić information content (AvgIpc) is 1.60. The van der Waals surface area contributed by atoms with Gasteiger partial charge in [0.25, 0.3) is 5.91 Å². The van der Waals surface area contributed by atoms with Crippen molar-refractivity contribution >= 4 is 107 Å². The number of likely N-dealkylation sites (tertiary alicyclic amines) is 1. The lowest BCUT2D eigenvalue weighted by atomic mass is 9.95. The zero-order valence-corrected chi connectivity index (χ0v) is 62.2. The van der Waals surface area contributed by atoms with Crippen LogP contribution in [0.1, 0.15) is 170 Å². The first-order chi connectivity index (χ1) is 50.6. The van der Waals surface area contributed by atoms with E-state index in [9.17, 15) is 102 Å². The number of hydrogen-bond acceptors (Lipinski definition) is 24. The molecule has 0 saturated carbocycles. The van der Waals surface area contributed by atoms with E-state index in [1.165, 1.54) is 6.92 Å². The quantitative estimate of drug-likeness (QED) is 0.0205. The molecule has 3 fully saturated rings. The van der Waals surface area contributed by atoms with Crippen molar-refractivity contribution in [1.82, 2.24) is 57.2 Å². The number of nitrogens with zero attached hydrogens (tertiary/aromatic N) is 3. The van der Waals surface area contributed by atoms with Gasteiger partial charge >= 0.3 is 17.9 Å². The molecule has 18 atom stereocenters. The molecule has 15 amide bonds. The van der Waals surface area contributed by atoms with Gasteiger partial charge in [-0.1, -0.05) is 53.4 Å². The molecule has 0 aromatic heterocycles.